The molecule has 2 aromatic carbocycles. The summed E-state index contributed by atoms with van der Waals surface area (Å²) in [4.78, 5) is 11.8. The van der Waals surface area contributed by atoms with Crippen molar-refractivity contribution in [2.45, 2.75) is 13.0 Å². The normalized spacial score (nSPS) is 10.3. The smallest absolute Gasteiger partial charge is 0.407 e. The number of amides is 1. The molecule has 0 saturated carbocycles. The van der Waals surface area contributed by atoms with Gasteiger partial charge in [-0.15, -0.1) is 5.10 Å². The van der Waals surface area contributed by atoms with E-state index in [2.05, 4.69) is 15.6 Å². The fourth-order valence-electron chi connectivity index (χ4n) is 2.37. The van der Waals surface area contributed by atoms with Crippen LogP contribution in [0, 0.1) is 0 Å². The third-order valence-electron chi connectivity index (χ3n) is 3.75. The van der Waals surface area contributed by atoms with Gasteiger partial charge < -0.3 is 14.8 Å². The zero-order valence-electron chi connectivity index (χ0n) is 14.5. The van der Waals surface area contributed by atoms with Crippen LogP contribution in [0.4, 0.5) is 4.79 Å². The van der Waals surface area contributed by atoms with Crippen LogP contribution >= 0.6 is 0 Å². The van der Waals surface area contributed by atoms with Gasteiger partial charge in [0, 0.05) is 6.54 Å². The molecule has 0 aliphatic carbocycles. The first kappa shape index (κ1) is 17.5. The summed E-state index contributed by atoms with van der Waals surface area (Å²) in [5, 5.41) is 10.8. The Bertz CT molecular complexity index is 832. The van der Waals surface area contributed by atoms with E-state index in [1.807, 2.05) is 54.6 Å². The molecule has 0 radical (unpaired) electrons. The zero-order chi connectivity index (χ0) is 18.2. The number of carbonyl (C=O) groups is 1. The highest BCUT2D eigenvalue weighted by Crippen LogP contribution is 2.14. The van der Waals surface area contributed by atoms with Crippen LogP contribution in [0.1, 0.15) is 11.3 Å². The summed E-state index contributed by atoms with van der Waals surface area (Å²) in [5.74, 6) is 0.768. The minimum Gasteiger partial charge on any atom is -0.497 e. The Labute approximate surface area is 151 Å². The van der Waals surface area contributed by atoms with E-state index in [1.165, 1.54) is 0 Å². The second-order valence-corrected chi connectivity index (χ2v) is 5.59. The highest BCUT2D eigenvalue weighted by atomic mass is 16.5. The zero-order valence-corrected chi connectivity index (χ0v) is 14.5. The molecule has 3 aromatic rings. The molecule has 1 amide bonds. The summed E-state index contributed by atoms with van der Waals surface area (Å²) < 4.78 is 11.9. The van der Waals surface area contributed by atoms with E-state index in [0.717, 1.165) is 23.4 Å². The molecule has 26 heavy (non-hydrogen) atoms. The molecule has 0 fully saturated rings. The lowest BCUT2D eigenvalue weighted by atomic mass is 10.1. The van der Waals surface area contributed by atoms with Crippen molar-refractivity contribution < 1.29 is 14.3 Å². The maximum atomic E-state index is 11.8. The maximum absolute atomic E-state index is 11.8. The summed E-state index contributed by atoms with van der Waals surface area (Å²) >= 11 is 0. The van der Waals surface area contributed by atoms with Crippen molar-refractivity contribution in [1.82, 2.24) is 20.3 Å². The van der Waals surface area contributed by atoms with Gasteiger partial charge in [-0.3, -0.25) is 0 Å². The van der Waals surface area contributed by atoms with Crippen molar-refractivity contribution in [3.63, 3.8) is 0 Å². The molecule has 1 heterocycles. The molecule has 0 spiro atoms. The lowest BCUT2D eigenvalue weighted by Crippen LogP contribution is -2.26. The van der Waals surface area contributed by atoms with Gasteiger partial charge in [0.1, 0.15) is 18.1 Å². The predicted molar refractivity (Wildman–Crippen MR) is 96.2 cm³/mol. The average Bonchev–Trinajstić information content (AvgIpc) is 3.16. The molecule has 134 valence electrons. The van der Waals surface area contributed by atoms with E-state index in [1.54, 1.807) is 18.0 Å². The summed E-state index contributed by atoms with van der Waals surface area (Å²) in [6, 6.07) is 17.4. The third-order valence-corrected chi connectivity index (χ3v) is 3.75. The Morgan fingerprint density at radius 1 is 1.12 bits per heavy atom. The number of ether oxygens (including phenoxy) is 2. The Kier molecular flexibility index (Phi) is 5.82. The van der Waals surface area contributed by atoms with Gasteiger partial charge in [0.25, 0.3) is 0 Å². The number of nitrogens with one attached hydrogen (secondary N) is 1. The third kappa shape index (κ3) is 4.83. The number of aromatic nitrogens is 3. The Morgan fingerprint density at radius 3 is 2.62 bits per heavy atom. The van der Waals surface area contributed by atoms with Crippen LogP contribution in [-0.2, 0) is 17.8 Å². The van der Waals surface area contributed by atoms with Gasteiger partial charge in [-0.25, -0.2) is 9.48 Å². The maximum Gasteiger partial charge on any atom is 0.407 e. The Morgan fingerprint density at radius 2 is 1.88 bits per heavy atom. The first-order chi connectivity index (χ1) is 12.7. The van der Waals surface area contributed by atoms with Gasteiger partial charge in [-0.2, -0.15) is 0 Å². The first-order valence-electron chi connectivity index (χ1n) is 8.25. The van der Waals surface area contributed by atoms with Crippen molar-refractivity contribution in [3.05, 3.63) is 72.1 Å². The minimum absolute atomic E-state index is 0.0628. The number of alkyl carbamates (subject to hydrolysis) is 1. The van der Waals surface area contributed by atoms with Crippen LogP contribution < -0.4 is 10.1 Å². The molecule has 0 unspecified atom stereocenters. The highest BCUT2D eigenvalue weighted by Gasteiger charge is 2.07. The minimum atomic E-state index is -0.472. The van der Waals surface area contributed by atoms with Crippen molar-refractivity contribution in [3.8, 4) is 11.4 Å². The average molecular weight is 352 g/mol. The van der Waals surface area contributed by atoms with E-state index < -0.39 is 6.09 Å². The summed E-state index contributed by atoms with van der Waals surface area (Å²) in [6.07, 6.45) is 2.00. The number of benzene rings is 2. The monoisotopic (exact) mass is 352 g/mol. The van der Waals surface area contributed by atoms with Crippen LogP contribution in [0.2, 0.25) is 0 Å². The lowest BCUT2D eigenvalue weighted by molar-refractivity contribution is 0.138. The van der Waals surface area contributed by atoms with E-state index in [0.29, 0.717) is 12.2 Å². The summed E-state index contributed by atoms with van der Waals surface area (Å²) in [6.45, 7) is 0.578. The Hall–Kier alpha value is -3.35. The molecule has 0 saturated heterocycles. The SMILES string of the molecule is COc1ccc(-n2cc(COC(=O)NCCc3ccccc3)nn2)cc1. The van der Waals surface area contributed by atoms with Crippen molar-refractivity contribution in [1.29, 1.82) is 0 Å². The molecule has 0 aliphatic rings. The van der Waals surface area contributed by atoms with Gasteiger partial charge in [0.2, 0.25) is 0 Å². The second-order valence-electron chi connectivity index (χ2n) is 5.59. The van der Waals surface area contributed by atoms with Gasteiger partial charge in [-0.1, -0.05) is 35.5 Å². The fraction of sp³-hybridized carbons (Fsp3) is 0.211. The fourth-order valence-corrected chi connectivity index (χ4v) is 2.37. The number of hydrogen-bond acceptors (Lipinski definition) is 5. The van der Waals surface area contributed by atoms with Crippen molar-refractivity contribution in [2.75, 3.05) is 13.7 Å². The highest BCUT2D eigenvalue weighted by molar-refractivity contribution is 5.67. The van der Waals surface area contributed by atoms with Gasteiger partial charge >= 0.3 is 6.09 Å². The molecular formula is C19H20N4O3. The molecular weight excluding hydrogens is 332 g/mol. The second kappa shape index (κ2) is 8.66. The standard InChI is InChI=1S/C19H20N4O3/c1-25-18-9-7-17(8-10-18)23-13-16(21-22-23)14-26-19(24)20-12-11-15-5-3-2-4-6-15/h2-10,13H,11-12,14H2,1H3,(H,20,24). The molecule has 7 nitrogen and oxygen atoms in total. The Balaban J connectivity index is 1.44. The summed E-state index contributed by atoms with van der Waals surface area (Å²) in [7, 11) is 1.62. The number of carbonyl (C=O) groups excluding carboxylic acids is 1. The number of rotatable bonds is 7. The topological polar surface area (TPSA) is 78.3 Å². The number of methoxy groups -OCH3 is 1. The quantitative estimate of drug-likeness (QED) is 0.707. The van der Waals surface area contributed by atoms with Crippen molar-refractivity contribution >= 4 is 6.09 Å². The van der Waals surface area contributed by atoms with Gasteiger partial charge in [0.05, 0.1) is 19.0 Å². The van der Waals surface area contributed by atoms with Gasteiger partial charge in [0.15, 0.2) is 0 Å². The van der Waals surface area contributed by atoms with Crippen LogP contribution in [0.25, 0.3) is 5.69 Å². The summed E-state index contributed by atoms with van der Waals surface area (Å²) in [5.41, 5.74) is 2.58. The first-order valence-corrected chi connectivity index (χ1v) is 8.25. The van der Waals surface area contributed by atoms with E-state index >= 15 is 0 Å². The van der Waals surface area contributed by atoms with Crippen LogP contribution in [0.15, 0.2) is 60.8 Å². The lowest BCUT2D eigenvalue weighted by Gasteiger charge is -2.05. The molecule has 1 N–H and O–H groups in total. The molecule has 3 rings (SSSR count). The van der Waals surface area contributed by atoms with Gasteiger partial charge in [-0.05, 0) is 36.2 Å². The largest absolute Gasteiger partial charge is 0.497 e. The van der Waals surface area contributed by atoms with E-state index in [9.17, 15) is 4.79 Å². The molecule has 0 atom stereocenters. The molecule has 1 aromatic heterocycles. The number of hydrogen-bond donors (Lipinski definition) is 1. The van der Waals surface area contributed by atoms with Crippen LogP contribution in [0.3, 0.4) is 0 Å². The molecule has 0 aliphatic heterocycles. The van der Waals surface area contributed by atoms with E-state index in [4.69, 9.17) is 9.47 Å². The van der Waals surface area contributed by atoms with Crippen LogP contribution in [0.5, 0.6) is 5.75 Å². The van der Waals surface area contributed by atoms with E-state index in [-0.39, 0.29) is 6.61 Å². The number of nitrogens with zero attached hydrogens (tertiary/aromatic N) is 3. The van der Waals surface area contributed by atoms with Crippen molar-refractivity contribution in [2.24, 2.45) is 0 Å². The van der Waals surface area contributed by atoms with Crippen LogP contribution in [-0.4, -0.2) is 34.7 Å². The predicted octanol–water partition coefficient (Wildman–Crippen LogP) is 2.74. The molecule has 7 heteroatoms. The molecule has 0 bridgehead atoms.